The fraction of sp³-hybridized carbons (Fsp3) is 0.0667. The molecule has 0 bridgehead atoms. The SMILES string of the molecule is Cc1ccc(-c2ccc(N3C(=O)c4ccc(Oc5ccc6c(c5)C(=O)N(C)C6=O)cc4C3=O)cc2S(=O)(=O)O)cc1. The van der Waals surface area contributed by atoms with Crippen LogP contribution in [0.4, 0.5) is 5.69 Å². The normalized spacial score (nSPS) is 14.5. The van der Waals surface area contributed by atoms with Crippen molar-refractivity contribution in [2.75, 3.05) is 11.9 Å². The maximum Gasteiger partial charge on any atom is 0.295 e. The van der Waals surface area contributed by atoms with E-state index >= 15 is 0 Å². The Kier molecular flexibility index (Phi) is 5.87. The molecule has 2 aliphatic rings. The highest BCUT2D eigenvalue weighted by Crippen LogP contribution is 2.37. The smallest absolute Gasteiger partial charge is 0.295 e. The Hall–Kier alpha value is -5.13. The van der Waals surface area contributed by atoms with Crippen LogP contribution in [0.3, 0.4) is 0 Å². The molecule has 4 aromatic rings. The van der Waals surface area contributed by atoms with Crippen LogP contribution in [0.15, 0.2) is 83.8 Å². The van der Waals surface area contributed by atoms with Crippen LogP contribution < -0.4 is 9.64 Å². The molecule has 0 aliphatic carbocycles. The predicted octanol–water partition coefficient (Wildman–Crippen LogP) is 4.73. The molecule has 4 amide bonds. The van der Waals surface area contributed by atoms with E-state index in [1.165, 1.54) is 55.6 Å². The summed E-state index contributed by atoms with van der Waals surface area (Å²) in [7, 11) is -3.34. The molecule has 0 atom stereocenters. The minimum Gasteiger partial charge on any atom is -0.457 e. The van der Waals surface area contributed by atoms with Crippen molar-refractivity contribution in [1.29, 1.82) is 0 Å². The van der Waals surface area contributed by atoms with Crippen molar-refractivity contribution in [3.8, 4) is 22.6 Å². The Morgan fingerprint density at radius 2 is 1.15 bits per heavy atom. The first-order chi connectivity index (χ1) is 19.4. The molecule has 10 nitrogen and oxygen atoms in total. The fourth-order valence-corrected chi connectivity index (χ4v) is 5.63. The predicted molar refractivity (Wildman–Crippen MR) is 147 cm³/mol. The summed E-state index contributed by atoms with van der Waals surface area (Å²) in [4.78, 5) is 52.5. The van der Waals surface area contributed by atoms with E-state index < -0.39 is 38.6 Å². The largest absolute Gasteiger partial charge is 0.457 e. The third-order valence-corrected chi connectivity index (χ3v) is 7.91. The van der Waals surface area contributed by atoms with Gasteiger partial charge in [0, 0.05) is 12.6 Å². The molecule has 0 radical (unpaired) electrons. The summed E-state index contributed by atoms with van der Waals surface area (Å²) in [5.74, 6) is -1.81. The molecule has 204 valence electrons. The molecule has 0 aromatic heterocycles. The number of carbonyl (C=O) groups excluding carboxylic acids is 4. The van der Waals surface area contributed by atoms with Crippen LogP contribution in [0, 0.1) is 6.92 Å². The number of rotatable bonds is 5. The van der Waals surface area contributed by atoms with Gasteiger partial charge in [-0.2, -0.15) is 8.42 Å². The van der Waals surface area contributed by atoms with E-state index in [9.17, 15) is 32.1 Å². The number of carbonyl (C=O) groups is 4. The highest BCUT2D eigenvalue weighted by Gasteiger charge is 2.38. The highest BCUT2D eigenvalue weighted by molar-refractivity contribution is 7.86. The van der Waals surface area contributed by atoms with Gasteiger partial charge in [-0.1, -0.05) is 35.9 Å². The number of ether oxygens (including phenoxy) is 1. The third kappa shape index (κ3) is 4.28. The van der Waals surface area contributed by atoms with Gasteiger partial charge >= 0.3 is 0 Å². The minimum absolute atomic E-state index is 0.0238. The van der Waals surface area contributed by atoms with E-state index in [0.717, 1.165) is 21.4 Å². The van der Waals surface area contributed by atoms with Crippen molar-refractivity contribution >= 4 is 39.4 Å². The van der Waals surface area contributed by atoms with E-state index in [1.54, 1.807) is 24.3 Å². The summed E-state index contributed by atoms with van der Waals surface area (Å²) in [6.07, 6.45) is 0. The quantitative estimate of drug-likeness (QED) is 0.269. The molecule has 0 unspecified atom stereocenters. The monoisotopic (exact) mass is 568 g/mol. The molecule has 41 heavy (non-hydrogen) atoms. The first-order valence-corrected chi connectivity index (χ1v) is 13.7. The second kappa shape index (κ2) is 9.22. The Labute approximate surface area is 234 Å². The molecule has 0 fully saturated rings. The average Bonchev–Trinajstić information content (AvgIpc) is 3.32. The van der Waals surface area contributed by atoms with Crippen molar-refractivity contribution < 1.29 is 36.9 Å². The topological polar surface area (TPSA) is 138 Å². The van der Waals surface area contributed by atoms with E-state index in [4.69, 9.17) is 4.74 Å². The third-order valence-electron chi connectivity index (χ3n) is 7.02. The van der Waals surface area contributed by atoms with Gasteiger partial charge in [0.2, 0.25) is 0 Å². The molecular weight excluding hydrogens is 548 g/mol. The number of hydrogen-bond acceptors (Lipinski definition) is 7. The van der Waals surface area contributed by atoms with Crippen LogP contribution in [0.1, 0.15) is 47.0 Å². The van der Waals surface area contributed by atoms with Crippen LogP contribution in [0.2, 0.25) is 0 Å². The standard InChI is InChI=1S/C30H20N2O8S/c1-16-3-5-17(6-4-16)21-10-7-18(13-26(21)41(37,38)39)32-29(35)23-12-9-20(15-25(23)30(32)36)40-19-8-11-22-24(14-19)28(34)31(2)27(22)33/h3-15H,1-2H3,(H,37,38,39). The number of fused-ring (bicyclic) bond motifs is 2. The van der Waals surface area contributed by atoms with Crippen LogP contribution in [0.25, 0.3) is 11.1 Å². The summed E-state index contributed by atoms with van der Waals surface area (Å²) < 4.78 is 40.4. The van der Waals surface area contributed by atoms with Crippen LogP contribution in [-0.4, -0.2) is 48.5 Å². The molecule has 1 N–H and O–H groups in total. The summed E-state index contributed by atoms with van der Waals surface area (Å²) in [5, 5.41) is 0. The van der Waals surface area contributed by atoms with E-state index in [2.05, 4.69) is 0 Å². The minimum atomic E-state index is -4.72. The van der Waals surface area contributed by atoms with Gasteiger partial charge in [-0.25, -0.2) is 4.90 Å². The lowest BCUT2D eigenvalue weighted by molar-refractivity contribution is 0.0692. The molecule has 6 rings (SSSR count). The van der Waals surface area contributed by atoms with Crippen molar-refractivity contribution in [1.82, 2.24) is 4.90 Å². The molecular formula is C30H20N2O8S. The van der Waals surface area contributed by atoms with E-state index in [0.29, 0.717) is 5.56 Å². The number of hydrogen-bond donors (Lipinski definition) is 1. The van der Waals surface area contributed by atoms with Gasteiger partial charge in [-0.3, -0.25) is 28.6 Å². The second-order valence-electron chi connectivity index (χ2n) is 9.65. The molecule has 0 saturated heterocycles. The number of imide groups is 2. The van der Waals surface area contributed by atoms with Gasteiger partial charge in [-0.05, 0) is 61.0 Å². The molecule has 0 spiro atoms. The summed E-state index contributed by atoms with van der Waals surface area (Å²) in [6.45, 7) is 1.88. The zero-order valence-corrected chi connectivity index (χ0v) is 22.4. The van der Waals surface area contributed by atoms with Crippen molar-refractivity contribution in [3.63, 3.8) is 0 Å². The zero-order chi connectivity index (χ0) is 29.2. The van der Waals surface area contributed by atoms with Gasteiger partial charge in [0.15, 0.2) is 0 Å². The summed E-state index contributed by atoms with van der Waals surface area (Å²) in [6, 6.07) is 19.6. The summed E-state index contributed by atoms with van der Waals surface area (Å²) >= 11 is 0. The number of amides is 4. The lowest BCUT2D eigenvalue weighted by atomic mass is 10.0. The Morgan fingerprint density at radius 3 is 1.76 bits per heavy atom. The number of anilines is 1. The van der Waals surface area contributed by atoms with Crippen molar-refractivity contribution in [2.24, 2.45) is 0 Å². The average molecular weight is 569 g/mol. The van der Waals surface area contributed by atoms with Gasteiger partial charge < -0.3 is 4.74 Å². The van der Waals surface area contributed by atoms with Crippen LogP contribution in [-0.2, 0) is 10.1 Å². The van der Waals surface area contributed by atoms with Crippen LogP contribution in [0.5, 0.6) is 11.5 Å². The van der Waals surface area contributed by atoms with Crippen molar-refractivity contribution in [3.05, 3.63) is 107 Å². The lowest BCUT2D eigenvalue weighted by Crippen LogP contribution is -2.29. The molecule has 11 heteroatoms. The number of nitrogens with zero attached hydrogens (tertiary/aromatic N) is 2. The van der Waals surface area contributed by atoms with E-state index in [1.807, 2.05) is 6.92 Å². The van der Waals surface area contributed by atoms with Crippen molar-refractivity contribution in [2.45, 2.75) is 11.8 Å². The Morgan fingerprint density at radius 1 is 0.634 bits per heavy atom. The van der Waals surface area contributed by atoms with Crippen LogP contribution >= 0.6 is 0 Å². The zero-order valence-electron chi connectivity index (χ0n) is 21.6. The molecule has 0 saturated carbocycles. The van der Waals surface area contributed by atoms with Gasteiger partial charge in [0.1, 0.15) is 16.4 Å². The second-order valence-corrected chi connectivity index (χ2v) is 11.0. The van der Waals surface area contributed by atoms with Gasteiger partial charge in [0.05, 0.1) is 27.9 Å². The van der Waals surface area contributed by atoms with Gasteiger partial charge in [0.25, 0.3) is 33.7 Å². The number of benzene rings is 4. The maximum absolute atomic E-state index is 13.4. The highest BCUT2D eigenvalue weighted by atomic mass is 32.2. The fourth-order valence-electron chi connectivity index (χ4n) is 4.89. The lowest BCUT2D eigenvalue weighted by Gasteiger charge is -2.16. The first-order valence-electron chi connectivity index (χ1n) is 12.3. The van der Waals surface area contributed by atoms with E-state index in [-0.39, 0.29) is 45.0 Å². The first kappa shape index (κ1) is 26.1. The molecule has 4 aromatic carbocycles. The molecule has 2 aliphatic heterocycles. The maximum atomic E-state index is 13.4. The van der Waals surface area contributed by atoms with Gasteiger partial charge in [-0.15, -0.1) is 0 Å². The Bertz CT molecular complexity index is 1950. The Balaban J connectivity index is 1.33. The molecule has 2 heterocycles. The summed E-state index contributed by atoms with van der Waals surface area (Å²) in [5.41, 5.74) is 2.22. The number of aryl methyl sites for hydroxylation is 1.